The van der Waals surface area contributed by atoms with Gasteiger partial charge in [0.15, 0.2) is 0 Å². The van der Waals surface area contributed by atoms with Gasteiger partial charge in [0, 0.05) is 0 Å². The van der Waals surface area contributed by atoms with Crippen LogP contribution in [0.15, 0.2) is 24.3 Å². The van der Waals surface area contributed by atoms with E-state index in [4.69, 9.17) is 11.6 Å². The van der Waals surface area contributed by atoms with E-state index in [1.165, 1.54) is 0 Å². The first-order chi connectivity index (χ1) is 13.4. The van der Waals surface area contributed by atoms with Gasteiger partial charge in [0.1, 0.15) is 0 Å². The zero-order valence-corrected chi connectivity index (χ0v) is 18.7. The molecule has 2 amide bonds. The van der Waals surface area contributed by atoms with Gasteiger partial charge in [-0.25, -0.2) is 0 Å². The number of fused-ring (bicyclic) bond motifs is 1. The Hall–Kier alpha value is -1.85. The molecule has 5 nitrogen and oxygen atoms in total. The van der Waals surface area contributed by atoms with Gasteiger partial charge in [-0.05, 0) is 0 Å². The summed E-state index contributed by atoms with van der Waals surface area (Å²) in [6.07, 6.45) is 1.89. The SMILES string of the molecule is CCN(CC)CCNC(=O)c1cc(C=C2C(=O)Nc3ccc(Cl)cc32)[se]c1C. The van der Waals surface area contributed by atoms with Crippen LogP contribution in [-0.4, -0.2) is 57.4 Å². The fourth-order valence-electron chi connectivity index (χ4n) is 3.21. The number of nitrogens with one attached hydrogen (secondary N) is 2. The van der Waals surface area contributed by atoms with E-state index in [1.807, 2.05) is 25.1 Å². The zero-order valence-electron chi connectivity index (χ0n) is 16.3. The molecule has 1 aromatic carbocycles. The summed E-state index contributed by atoms with van der Waals surface area (Å²) < 4.78 is 2.08. The van der Waals surface area contributed by atoms with Crippen molar-refractivity contribution >= 4 is 55.3 Å². The van der Waals surface area contributed by atoms with Gasteiger partial charge in [0.2, 0.25) is 0 Å². The predicted molar refractivity (Wildman–Crippen MR) is 116 cm³/mol. The molecular weight excluding hydrogens is 441 g/mol. The van der Waals surface area contributed by atoms with Gasteiger partial charge in [0.25, 0.3) is 0 Å². The molecule has 28 heavy (non-hydrogen) atoms. The average Bonchev–Trinajstić information content (AvgIpc) is 3.19. The monoisotopic (exact) mass is 465 g/mol. The Balaban J connectivity index is 1.76. The van der Waals surface area contributed by atoms with Crippen LogP contribution < -0.4 is 10.6 Å². The Bertz CT molecular complexity index is 932. The van der Waals surface area contributed by atoms with Gasteiger partial charge < -0.3 is 0 Å². The molecule has 0 saturated heterocycles. The van der Waals surface area contributed by atoms with Crippen LogP contribution in [0.4, 0.5) is 5.69 Å². The van der Waals surface area contributed by atoms with Crippen molar-refractivity contribution in [1.82, 2.24) is 10.2 Å². The van der Waals surface area contributed by atoms with E-state index in [9.17, 15) is 9.59 Å². The molecule has 0 spiro atoms. The van der Waals surface area contributed by atoms with Crippen LogP contribution in [0.5, 0.6) is 0 Å². The topological polar surface area (TPSA) is 61.4 Å². The van der Waals surface area contributed by atoms with Gasteiger partial charge in [-0.15, -0.1) is 0 Å². The van der Waals surface area contributed by atoms with Gasteiger partial charge in [-0.2, -0.15) is 0 Å². The number of hydrogen-bond donors (Lipinski definition) is 2. The summed E-state index contributed by atoms with van der Waals surface area (Å²) in [5.41, 5.74) is 2.90. The molecular formula is C21H24ClN3O2Se. The first-order valence-electron chi connectivity index (χ1n) is 9.36. The first-order valence-corrected chi connectivity index (χ1v) is 11.5. The number of halogens is 1. The van der Waals surface area contributed by atoms with Gasteiger partial charge in [0.05, 0.1) is 0 Å². The summed E-state index contributed by atoms with van der Waals surface area (Å²) in [5.74, 6) is -0.178. The van der Waals surface area contributed by atoms with Crippen molar-refractivity contribution in [3.05, 3.63) is 49.3 Å². The summed E-state index contributed by atoms with van der Waals surface area (Å²) >= 11 is 6.12. The first kappa shape index (κ1) is 20.9. The number of rotatable bonds is 7. The molecule has 0 atom stereocenters. The van der Waals surface area contributed by atoms with E-state index in [0.29, 0.717) is 17.1 Å². The number of nitrogens with zero attached hydrogens (tertiary/aromatic N) is 1. The summed E-state index contributed by atoms with van der Waals surface area (Å²) in [4.78, 5) is 27.2. The Morgan fingerprint density at radius 2 is 2.04 bits per heavy atom. The quantitative estimate of drug-likeness (QED) is 0.488. The molecule has 0 unspecified atom stereocenters. The molecule has 2 N–H and O–H groups in total. The van der Waals surface area contributed by atoms with E-state index in [0.717, 1.165) is 45.3 Å². The third-order valence-corrected chi connectivity index (χ3v) is 7.17. The van der Waals surface area contributed by atoms with Crippen LogP contribution in [0.3, 0.4) is 0 Å². The second-order valence-electron chi connectivity index (χ2n) is 6.60. The van der Waals surface area contributed by atoms with Crippen molar-refractivity contribution in [3.8, 4) is 0 Å². The van der Waals surface area contributed by atoms with E-state index in [2.05, 4.69) is 29.4 Å². The Kier molecular flexibility index (Phi) is 6.78. The van der Waals surface area contributed by atoms with E-state index < -0.39 is 0 Å². The maximum atomic E-state index is 12.6. The second kappa shape index (κ2) is 9.10. The standard InChI is InChI=1S/C21H24ClN3O2Se/c1-4-25(5-2)9-8-23-20(26)16-11-15(28-13(16)3)12-18-17-10-14(22)6-7-19(17)24-21(18)27/h6-7,10-12H,4-5,8-9H2,1-3H3,(H,23,26)(H,24,27). The molecule has 0 bridgehead atoms. The number of aryl methyl sites for hydroxylation is 1. The molecule has 0 radical (unpaired) electrons. The molecule has 0 fully saturated rings. The molecule has 148 valence electrons. The van der Waals surface area contributed by atoms with Crippen LogP contribution >= 0.6 is 11.6 Å². The van der Waals surface area contributed by atoms with E-state index >= 15 is 0 Å². The molecule has 0 saturated carbocycles. The van der Waals surface area contributed by atoms with Gasteiger partial charge in [-0.1, -0.05) is 0 Å². The summed E-state index contributed by atoms with van der Waals surface area (Å²) in [6, 6.07) is 7.27. The van der Waals surface area contributed by atoms with Crippen molar-refractivity contribution in [2.24, 2.45) is 0 Å². The van der Waals surface area contributed by atoms with Gasteiger partial charge >= 0.3 is 177 Å². The maximum absolute atomic E-state index is 12.6. The third-order valence-electron chi connectivity index (χ3n) is 4.84. The summed E-state index contributed by atoms with van der Waals surface area (Å²) in [6.45, 7) is 9.64. The fraction of sp³-hybridized carbons (Fsp3) is 0.333. The molecule has 1 aromatic heterocycles. The molecule has 3 rings (SSSR count). The number of likely N-dealkylation sites (N-methyl/N-ethyl adjacent to an activating group) is 1. The molecule has 1 aliphatic rings. The van der Waals surface area contributed by atoms with Crippen molar-refractivity contribution < 1.29 is 9.59 Å². The van der Waals surface area contributed by atoms with Gasteiger partial charge in [-0.3, -0.25) is 0 Å². The third kappa shape index (κ3) is 4.58. The number of amides is 2. The molecule has 2 heterocycles. The molecule has 2 aromatic rings. The van der Waals surface area contributed by atoms with Crippen molar-refractivity contribution in [2.45, 2.75) is 20.8 Å². The Morgan fingerprint density at radius 1 is 1.29 bits per heavy atom. The number of hydrogen-bond acceptors (Lipinski definition) is 3. The number of carbonyl (C=O) groups is 2. The minimum absolute atomic E-state index is 0.0279. The number of carbonyl (C=O) groups excluding carboxylic acids is 2. The second-order valence-corrected chi connectivity index (χ2v) is 9.74. The van der Waals surface area contributed by atoms with Crippen LogP contribution in [0.25, 0.3) is 11.6 Å². The molecule has 7 heteroatoms. The number of benzene rings is 1. The fourth-order valence-corrected chi connectivity index (χ4v) is 5.41. The van der Waals surface area contributed by atoms with Crippen molar-refractivity contribution in [2.75, 3.05) is 31.5 Å². The van der Waals surface area contributed by atoms with Crippen molar-refractivity contribution in [1.29, 1.82) is 0 Å². The van der Waals surface area contributed by atoms with E-state index in [-0.39, 0.29) is 26.3 Å². The van der Waals surface area contributed by atoms with Crippen molar-refractivity contribution in [3.63, 3.8) is 0 Å². The summed E-state index contributed by atoms with van der Waals surface area (Å²) in [5, 5.41) is 6.46. The Labute approximate surface area is 176 Å². The van der Waals surface area contributed by atoms with Crippen LogP contribution in [0.1, 0.15) is 38.6 Å². The molecule has 1 aliphatic heterocycles. The van der Waals surface area contributed by atoms with Crippen LogP contribution in [0.2, 0.25) is 5.02 Å². The zero-order chi connectivity index (χ0) is 20.3. The number of anilines is 1. The Morgan fingerprint density at radius 3 is 2.75 bits per heavy atom. The van der Waals surface area contributed by atoms with Crippen LogP contribution in [0, 0.1) is 6.92 Å². The summed E-state index contributed by atoms with van der Waals surface area (Å²) in [7, 11) is 0. The van der Waals surface area contributed by atoms with Crippen LogP contribution in [-0.2, 0) is 4.79 Å². The predicted octanol–water partition coefficient (Wildman–Crippen LogP) is 3.27. The van der Waals surface area contributed by atoms with E-state index in [1.54, 1.807) is 12.1 Å². The minimum atomic E-state index is -0.135. The molecule has 0 aliphatic carbocycles. The average molecular weight is 465 g/mol. The normalized spacial score (nSPS) is 14.5.